The summed E-state index contributed by atoms with van der Waals surface area (Å²) in [5.41, 5.74) is 6.60. The van der Waals surface area contributed by atoms with E-state index in [0.29, 0.717) is 24.2 Å². The Hall–Kier alpha value is -0.650. The third-order valence-corrected chi connectivity index (χ3v) is 3.78. The maximum atomic E-state index is 13.1. The van der Waals surface area contributed by atoms with Crippen molar-refractivity contribution in [2.75, 3.05) is 25.1 Å². The number of nitrogens with two attached hydrogens (primary N) is 1. The Morgan fingerprint density at radius 2 is 2.12 bits per heavy atom. The fourth-order valence-electron chi connectivity index (χ4n) is 2.02. The quantitative estimate of drug-likeness (QED) is 0.902. The number of ether oxygens (including phenoxy) is 1. The van der Waals surface area contributed by atoms with Crippen LogP contribution in [0.1, 0.15) is 12.8 Å². The summed E-state index contributed by atoms with van der Waals surface area (Å²) in [4.78, 5) is 0. The first-order valence-corrected chi connectivity index (χ1v) is 6.46. The molecule has 1 saturated heterocycles. The molecule has 0 atom stereocenters. The third-order valence-electron chi connectivity index (χ3n) is 3.17. The van der Waals surface area contributed by atoms with Crippen LogP contribution in [0, 0.1) is 5.82 Å². The second-order valence-corrected chi connectivity index (χ2v) is 5.21. The second-order valence-electron chi connectivity index (χ2n) is 4.35. The molecular weight excluding hydrogens is 287 g/mol. The number of anilines is 1. The molecule has 0 spiro atoms. The zero-order chi connectivity index (χ0) is 12.3. The lowest BCUT2D eigenvalue weighted by atomic mass is 9.90. The number of halogens is 2. The van der Waals surface area contributed by atoms with E-state index in [1.54, 1.807) is 12.1 Å². The summed E-state index contributed by atoms with van der Waals surface area (Å²) >= 11 is 3.18. The molecule has 5 heteroatoms. The third kappa shape index (κ3) is 2.97. The van der Waals surface area contributed by atoms with Crippen molar-refractivity contribution in [2.45, 2.75) is 18.4 Å². The first-order valence-electron chi connectivity index (χ1n) is 5.66. The van der Waals surface area contributed by atoms with E-state index >= 15 is 0 Å². The Morgan fingerprint density at radius 3 is 2.71 bits per heavy atom. The highest BCUT2D eigenvalue weighted by atomic mass is 79.9. The first-order chi connectivity index (χ1) is 8.15. The molecule has 3 nitrogen and oxygen atoms in total. The number of nitrogens with one attached hydrogen (secondary N) is 1. The smallest absolute Gasteiger partial charge is 0.137 e. The molecule has 1 aliphatic rings. The summed E-state index contributed by atoms with van der Waals surface area (Å²) in [7, 11) is 0. The molecule has 1 aromatic carbocycles. The predicted octanol–water partition coefficient (Wildman–Crippen LogP) is 2.51. The molecule has 0 unspecified atom stereocenters. The van der Waals surface area contributed by atoms with E-state index < -0.39 is 0 Å². The zero-order valence-electron chi connectivity index (χ0n) is 9.51. The van der Waals surface area contributed by atoms with Gasteiger partial charge in [0.2, 0.25) is 0 Å². The lowest BCUT2D eigenvalue weighted by Gasteiger charge is -2.38. The van der Waals surface area contributed by atoms with Crippen LogP contribution >= 0.6 is 15.9 Å². The van der Waals surface area contributed by atoms with E-state index in [9.17, 15) is 4.39 Å². The number of benzene rings is 1. The van der Waals surface area contributed by atoms with Gasteiger partial charge in [0, 0.05) is 25.4 Å². The summed E-state index contributed by atoms with van der Waals surface area (Å²) in [5, 5.41) is 3.41. The van der Waals surface area contributed by atoms with Crippen molar-refractivity contribution < 1.29 is 9.13 Å². The topological polar surface area (TPSA) is 47.3 Å². The summed E-state index contributed by atoms with van der Waals surface area (Å²) in [6.45, 7) is 1.98. The molecule has 2 rings (SSSR count). The average Bonchev–Trinajstić information content (AvgIpc) is 2.35. The van der Waals surface area contributed by atoms with Gasteiger partial charge in [-0.25, -0.2) is 4.39 Å². The van der Waals surface area contributed by atoms with Crippen molar-refractivity contribution in [3.05, 3.63) is 28.5 Å². The maximum absolute atomic E-state index is 13.1. The lowest BCUT2D eigenvalue weighted by molar-refractivity contribution is 0.0628. The SMILES string of the molecule is NCC1(Nc2ccc(F)c(Br)c2)CCOCC1. The molecule has 0 aromatic heterocycles. The molecule has 0 bridgehead atoms. The van der Waals surface area contributed by atoms with E-state index in [0.717, 1.165) is 18.5 Å². The summed E-state index contributed by atoms with van der Waals surface area (Å²) < 4.78 is 18.9. The molecule has 1 aliphatic heterocycles. The van der Waals surface area contributed by atoms with Crippen LogP contribution in [0.3, 0.4) is 0 Å². The van der Waals surface area contributed by atoms with Crippen molar-refractivity contribution in [1.29, 1.82) is 0 Å². The highest BCUT2D eigenvalue weighted by Gasteiger charge is 2.30. The van der Waals surface area contributed by atoms with Crippen LogP contribution in [-0.2, 0) is 4.74 Å². The Bertz CT molecular complexity index is 394. The van der Waals surface area contributed by atoms with Crippen LogP contribution in [0.2, 0.25) is 0 Å². The minimum atomic E-state index is -0.260. The Balaban J connectivity index is 2.14. The number of hydrogen-bond acceptors (Lipinski definition) is 3. The fourth-order valence-corrected chi connectivity index (χ4v) is 2.40. The summed E-state index contributed by atoms with van der Waals surface area (Å²) in [6, 6.07) is 4.91. The highest BCUT2D eigenvalue weighted by molar-refractivity contribution is 9.10. The Morgan fingerprint density at radius 1 is 1.41 bits per heavy atom. The molecule has 1 fully saturated rings. The van der Waals surface area contributed by atoms with Crippen molar-refractivity contribution in [3.63, 3.8) is 0 Å². The monoisotopic (exact) mass is 302 g/mol. The van der Waals surface area contributed by atoms with Gasteiger partial charge >= 0.3 is 0 Å². The molecule has 3 N–H and O–H groups in total. The highest BCUT2D eigenvalue weighted by Crippen LogP contribution is 2.27. The van der Waals surface area contributed by atoms with Gasteiger partial charge in [-0.05, 0) is 47.0 Å². The lowest BCUT2D eigenvalue weighted by Crippen LogP contribution is -2.49. The normalized spacial score (nSPS) is 19.0. The van der Waals surface area contributed by atoms with Crippen LogP contribution < -0.4 is 11.1 Å². The van der Waals surface area contributed by atoms with E-state index in [1.807, 2.05) is 0 Å². The van der Waals surface area contributed by atoms with Gasteiger partial charge in [-0.15, -0.1) is 0 Å². The predicted molar refractivity (Wildman–Crippen MR) is 69.6 cm³/mol. The van der Waals surface area contributed by atoms with Gasteiger partial charge in [0.1, 0.15) is 5.82 Å². The molecule has 94 valence electrons. The molecule has 0 saturated carbocycles. The molecule has 1 heterocycles. The van der Waals surface area contributed by atoms with Gasteiger partial charge in [0.15, 0.2) is 0 Å². The standard InChI is InChI=1S/C12H16BrFN2O/c13-10-7-9(1-2-11(10)14)16-12(8-15)3-5-17-6-4-12/h1-2,7,16H,3-6,8,15H2. The van der Waals surface area contributed by atoms with Gasteiger partial charge in [0.05, 0.1) is 10.0 Å². The average molecular weight is 303 g/mol. The van der Waals surface area contributed by atoms with Crippen LogP contribution in [0.25, 0.3) is 0 Å². The molecular formula is C12H16BrFN2O. The van der Waals surface area contributed by atoms with Crippen LogP contribution in [0.5, 0.6) is 0 Å². The van der Waals surface area contributed by atoms with Gasteiger partial charge in [0.25, 0.3) is 0 Å². The molecule has 0 aliphatic carbocycles. The summed E-state index contributed by atoms with van der Waals surface area (Å²) in [5.74, 6) is -0.260. The van der Waals surface area contributed by atoms with Crippen LogP contribution in [0.4, 0.5) is 10.1 Å². The number of hydrogen-bond donors (Lipinski definition) is 2. The fraction of sp³-hybridized carbons (Fsp3) is 0.500. The minimum absolute atomic E-state index is 0.129. The molecule has 17 heavy (non-hydrogen) atoms. The zero-order valence-corrected chi connectivity index (χ0v) is 11.1. The molecule has 0 radical (unpaired) electrons. The van der Waals surface area contributed by atoms with Crippen LogP contribution in [-0.4, -0.2) is 25.3 Å². The van der Waals surface area contributed by atoms with Crippen LogP contribution in [0.15, 0.2) is 22.7 Å². The first kappa shape index (κ1) is 12.8. The van der Waals surface area contributed by atoms with E-state index in [1.165, 1.54) is 6.07 Å². The minimum Gasteiger partial charge on any atom is -0.381 e. The van der Waals surface area contributed by atoms with Crippen molar-refractivity contribution >= 4 is 21.6 Å². The van der Waals surface area contributed by atoms with E-state index in [4.69, 9.17) is 10.5 Å². The van der Waals surface area contributed by atoms with Crippen molar-refractivity contribution in [3.8, 4) is 0 Å². The van der Waals surface area contributed by atoms with Crippen molar-refractivity contribution in [2.24, 2.45) is 5.73 Å². The second kappa shape index (κ2) is 5.33. The Labute approximate surface area is 109 Å². The molecule has 1 aromatic rings. The Kier molecular flexibility index (Phi) is 4.01. The van der Waals surface area contributed by atoms with E-state index in [-0.39, 0.29) is 11.4 Å². The maximum Gasteiger partial charge on any atom is 0.137 e. The summed E-state index contributed by atoms with van der Waals surface area (Å²) in [6.07, 6.45) is 1.75. The van der Waals surface area contributed by atoms with Crippen molar-refractivity contribution in [1.82, 2.24) is 0 Å². The van der Waals surface area contributed by atoms with Gasteiger partial charge in [-0.2, -0.15) is 0 Å². The van der Waals surface area contributed by atoms with Gasteiger partial charge in [-0.3, -0.25) is 0 Å². The van der Waals surface area contributed by atoms with Gasteiger partial charge < -0.3 is 15.8 Å². The molecule has 0 amide bonds. The number of rotatable bonds is 3. The van der Waals surface area contributed by atoms with Gasteiger partial charge in [-0.1, -0.05) is 0 Å². The largest absolute Gasteiger partial charge is 0.381 e. The van der Waals surface area contributed by atoms with E-state index in [2.05, 4.69) is 21.2 Å².